The third kappa shape index (κ3) is 8.88. The zero-order chi connectivity index (χ0) is 12.2. The number of rotatable bonds is 10. The van der Waals surface area contributed by atoms with Crippen LogP contribution in [0.1, 0.15) is 77.0 Å². The van der Waals surface area contributed by atoms with Crippen molar-refractivity contribution in [3.8, 4) is 0 Å². The summed E-state index contributed by atoms with van der Waals surface area (Å²) in [6, 6.07) is 0. The van der Waals surface area contributed by atoms with Gasteiger partial charge in [-0.25, -0.2) is 0 Å². The molecular formula is C16H29Br. The maximum Gasteiger partial charge on any atom is 0.00313 e. The van der Waals surface area contributed by atoms with Gasteiger partial charge in [-0.1, -0.05) is 73.0 Å². The summed E-state index contributed by atoms with van der Waals surface area (Å²) in [5, 5.41) is 1.18. The third-order valence-electron chi connectivity index (χ3n) is 3.81. The first-order chi connectivity index (χ1) is 8.43. The van der Waals surface area contributed by atoms with Crippen molar-refractivity contribution in [3.63, 3.8) is 0 Å². The first kappa shape index (κ1) is 15.3. The molecule has 1 aliphatic rings. The lowest BCUT2D eigenvalue weighted by Crippen LogP contribution is -1.85. The normalized spacial score (nSPS) is 17.2. The molecular weight excluding hydrogens is 272 g/mol. The Morgan fingerprint density at radius 2 is 1.41 bits per heavy atom. The fourth-order valence-electron chi connectivity index (χ4n) is 2.68. The largest absolute Gasteiger partial charge is 0.0928 e. The van der Waals surface area contributed by atoms with Crippen molar-refractivity contribution in [2.24, 2.45) is 5.92 Å². The van der Waals surface area contributed by atoms with Crippen LogP contribution in [-0.2, 0) is 0 Å². The van der Waals surface area contributed by atoms with Gasteiger partial charge in [0, 0.05) is 5.33 Å². The zero-order valence-electron chi connectivity index (χ0n) is 11.3. The number of hydrogen-bond acceptors (Lipinski definition) is 0. The predicted molar refractivity (Wildman–Crippen MR) is 81.8 cm³/mol. The lowest BCUT2D eigenvalue weighted by atomic mass is 10.1. The fourth-order valence-corrected chi connectivity index (χ4v) is 3.08. The van der Waals surface area contributed by atoms with Crippen LogP contribution in [0.4, 0.5) is 0 Å². The van der Waals surface area contributed by atoms with Crippen molar-refractivity contribution in [1.82, 2.24) is 0 Å². The van der Waals surface area contributed by atoms with E-state index in [9.17, 15) is 0 Å². The number of allylic oxidation sites excluding steroid dienone is 2. The fraction of sp³-hybridized carbons (Fsp3) is 0.875. The van der Waals surface area contributed by atoms with Crippen molar-refractivity contribution in [2.45, 2.75) is 77.0 Å². The van der Waals surface area contributed by atoms with Crippen molar-refractivity contribution < 1.29 is 0 Å². The van der Waals surface area contributed by atoms with Crippen LogP contribution in [0.3, 0.4) is 0 Å². The molecule has 0 aliphatic heterocycles. The monoisotopic (exact) mass is 300 g/mol. The Bertz CT molecular complexity index is 180. The molecule has 0 spiro atoms. The number of halogens is 1. The minimum absolute atomic E-state index is 0.930. The van der Waals surface area contributed by atoms with Crippen LogP contribution in [-0.4, -0.2) is 5.33 Å². The molecule has 0 nitrogen and oxygen atoms in total. The molecule has 0 N–H and O–H groups in total. The smallest absolute Gasteiger partial charge is 0.00313 e. The SMILES string of the molecule is BrCCCCCCCCC/C=C/C1CCCC1. The first-order valence-corrected chi connectivity index (χ1v) is 8.78. The molecule has 1 saturated carbocycles. The highest BCUT2D eigenvalue weighted by Gasteiger charge is 2.10. The molecule has 0 atom stereocenters. The van der Waals surface area contributed by atoms with E-state index in [4.69, 9.17) is 0 Å². The molecule has 0 amide bonds. The molecule has 0 heterocycles. The van der Waals surface area contributed by atoms with Gasteiger partial charge >= 0.3 is 0 Å². The lowest BCUT2D eigenvalue weighted by molar-refractivity contribution is 0.592. The Morgan fingerprint density at radius 3 is 2.06 bits per heavy atom. The quantitative estimate of drug-likeness (QED) is 0.254. The molecule has 100 valence electrons. The van der Waals surface area contributed by atoms with Crippen LogP contribution in [0.15, 0.2) is 12.2 Å². The standard InChI is InChI=1S/C16H29Br/c17-15-11-7-5-3-1-2-4-6-8-12-16-13-9-10-14-16/h8,12,16H,1-7,9-11,13-15H2/b12-8+. The number of unbranched alkanes of at least 4 members (excludes halogenated alkanes) is 7. The van der Waals surface area contributed by atoms with Crippen molar-refractivity contribution in [3.05, 3.63) is 12.2 Å². The maximum absolute atomic E-state index is 3.48. The molecule has 0 unspecified atom stereocenters. The summed E-state index contributed by atoms with van der Waals surface area (Å²) in [5.41, 5.74) is 0. The summed E-state index contributed by atoms with van der Waals surface area (Å²) < 4.78 is 0. The minimum Gasteiger partial charge on any atom is -0.0928 e. The highest BCUT2D eigenvalue weighted by Crippen LogP contribution is 2.25. The summed E-state index contributed by atoms with van der Waals surface area (Å²) in [7, 11) is 0. The van der Waals surface area contributed by atoms with E-state index in [1.54, 1.807) is 0 Å². The van der Waals surface area contributed by atoms with Gasteiger partial charge in [-0.2, -0.15) is 0 Å². The summed E-state index contributed by atoms with van der Waals surface area (Å²) in [5.74, 6) is 0.930. The molecule has 1 rings (SSSR count). The Morgan fingerprint density at radius 1 is 0.824 bits per heavy atom. The summed E-state index contributed by atoms with van der Waals surface area (Å²) in [6.07, 6.45) is 22.0. The average Bonchev–Trinajstić information content (AvgIpc) is 2.85. The Kier molecular flexibility index (Phi) is 10.2. The second-order valence-electron chi connectivity index (χ2n) is 5.43. The van der Waals surface area contributed by atoms with Gasteiger partial charge in [-0.3, -0.25) is 0 Å². The van der Waals surface area contributed by atoms with Crippen LogP contribution >= 0.6 is 15.9 Å². The zero-order valence-corrected chi connectivity index (χ0v) is 12.9. The van der Waals surface area contributed by atoms with Crippen LogP contribution in [0, 0.1) is 5.92 Å². The van der Waals surface area contributed by atoms with E-state index in [1.807, 2.05) is 0 Å². The van der Waals surface area contributed by atoms with E-state index < -0.39 is 0 Å². The molecule has 1 aliphatic carbocycles. The minimum atomic E-state index is 0.930. The molecule has 0 radical (unpaired) electrons. The third-order valence-corrected chi connectivity index (χ3v) is 4.37. The molecule has 17 heavy (non-hydrogen) atoms. The van der Waals surface area contributed by atoms with Crippen LogP contribution < -0.4 is 0 Å². The lowest BCUT2D eigenvalue weighted by Gasteiger charge is -2.01. The van der Waals surface area contributed by atoms with Gasteiger partial charge < -0.3 is 0 Å². The van der Waals surface area contributed by atoms with Crippen molar-refractivity contribution in [1.29, 1.82) is 0 Å². The molecule has 0 aromatic carbocycles. The summed E-state index contributed by atoms with van der Waals surface area (Å²) in [6.45, 7) is 0. The van der Waals surface area contributed by atoms with Crippen LogP contribution in [0.5, 0.6) is 0 Å². The van der Waals surface area contributed by atoms with Crippen molar-refractivity contribution >= 4 is 15.9 Å². The molecule has 0 bridgehead atoms. The summed E-state index contributed by atoms with van der Waals surface area (Å²) >= 11 is 3.48. The van der Waals surface area contributed by atoms with E-state index in [2.05, 4.69) is 28.1 Å². The molecule has 0 aromatic rings. The van der Waals surface area contributed by atoms with Gasteiger partial charge in [0.25, 0.3) is 0 Å². The molecule has 0 saturated heterocycles. The number of alkyl halides is 1. The molecule has 1 fully saturated rings. The van der Waals surface area contributed by atoms with Gasteiger partial charge in [0.15, 0.2) is 0 Å². The predicted octanol–water partition coefficient (Wildman–Crippen LogP) is 6.25. The van der Waals surface area contributed by atoms with Crippen LogP contribution in [0.25, 0.3) is 0 Å². The van der Waals surface area contributed by atoms with Gasteiger partial charge in [-0.05, 0) is 38.0 Å². The Balaban J connectivity index is 1.77. The van der Waals surface area contributed by atoms with E-state index >= 15 is 0 Å². The Labute approximate surface area is 116 Å². The maximum atomic E-state index is 3.48. The topological polar surface area (TPSA) is 0 Å². The van der Waals surface area contributed by atoms with Gasteiger partial charge in [0.1, 0.15) is 0 Å². The molecule has 0 aromatic heterocycles. The first-order valence-electron chi connectivity index (χ1n) is 7.66. The highest BCUT2D eigenvalue weighted by atomic mass is 79.9. The number of hydrogen-bond donors (Lipinski definition) is 0. The van der Waals surface area contributed by atoms with Gasteiger partial charge in [0.05, 0.1) is 0 Å². The molecule has 1 heteroatoms. The van der Waals surface area contributed by atoms with Gasteiger partial charge in [-0.15, -0.1) is 0 Å². The average molecular weight is 301 g/mol. The Hall–Kier alpha value is 0.220. The van der Waals surface area contributed by atoms with Crippen LogP contribution in [0.2, 0.25) is 0 Å². The van der Waals surface area contributed by atoms with Gasteiger partial charge in [0.2, 0.25) is 0 Å². The van der Waals surface area contributed by atoms with Crippen molar-refractivity contribution in [2.75, 3.05) is 5.33 Å². The highest BCUT2D eigenvalue weighted by molar-refractivity contribution is 9.09. The van der Waals surface area contributed by atoms with E-state index in [1.165, 1.54) is 82.4 Å². The van der Waals surface area contributed by atoms with E-state index in [0.29, 0.717) is 0 Å². The summed E-state index contributed by atoms with van der Waals surface area (Å²) in [4.78, 5) is 0. The van der Waals surface area contributed by atoms with E-state index in [-0.39, 0.29) is 0 Å². The second-order valence-corrected chi connectivity index (χ2v) is 6.22. The second kappa shape index (κ2) is 11.3. The van der Waals surface area contributed by atoms with E-state index in [0.717, 1.165) is 5.92 Å².